The maximum absolute atomic E-state index is 12.8. The van der Waals surface area contributed by atoms with Crippen LogP contribution in [0, 0.1) is 0 Å². The number of carbonyl (C=O) groups excluding carboxylic acids is 4. The third kappa shape index (κ3) is 9.92. The summed E-state index contributed by atoms with van der Waals surface area (Å²) < 4.78 is 11.5. The second-order valence-electron chi connectivity index (χ2n) is 11.4. The number of nitrogens with one attached hydrogen (secondary N) is 1. The first-order chi connectivity index (χ1) is 23.7. The number of ketones is 2. The first kappa shape index (κ1) is 34.2. The molecule has 0 aliphatic carbocycles. The van der Waals surface area contributed by atoms with Crippen molar-refractivity contribution >= 4 is 34.9 Å². The first-order valence-electron chi connectivity index (χ1n) is 15.8. The molecular formula is C39H36N2O8. The van der Waals surface area contributed by atoms with Gasteiger partial charge in [0.2, 0.25) is 11.6 Å². The Hall–Kier alpha value is -6.16. The van der Waals surface area contributed by atoms with E-state index in [-0.39, 0.29) is 24.6 Å². The highest BCUT2D eigenvalue weighted by Crippen LogP contribution is 2.22. The summed E-state index contributed by atoms with van der Waals surface area (Å²) >= 11 is 0. The highest BCUT2D eigenvalue weighted by Gasteiger charge is 2.28. The molecule has 3 N–H and O–H groups in total. The molecule has 10 nitrogen and oxygen atoms in total. The van der Waals surface area contributed by atoms with Gasteiger partial charge in [0, 0.05) is 42.4 Å². The van der Waals surface area contributed by atoms with Gasteiger partial charge in [-0.05, 0) is 48.2 Å². The molecule has 250 valence electrons. The van der Waals surface area contributed by atoms with Crippen LogP contribution in [0.2, 0.25) is 0 Å². The third-order valence-corrected chi connectivity index (χ3v) is 7.84. The number of likely N-dealkylation sites (tertiary alicyclic amines) is 1. The number of ether oxygens (including phenoxy) is 2. The lowest BCUT2D eigenvalue weighted by atomic mass is 10.0. The molecule has 1 aliphatic heterocycles. The summed E-state index contributed by atoms with van der Waals surface area (Å²) in [6.45, 7) is 0.986. The lowest BCUT2D eigenvalue weighted by molar-refractivity contribution is -0.143. The summed E-state index contributed by atoms with van der Waals surface area (Å²) in [5.41, 5.74) is 2.58. The van der Waals surface area contributed by atoms with E-state index in [9.17, 15) is 29.4 Å². The normalized spacial score (nSPS) is 13.8. The standard InChI is InChI=1S/C39H36N2O8/c42-34(29-13-7-15-32(21-29)48-25-27-9-3-1-4-10-27)23-36(44)38(46)40-31-17-19-41(20-18-31)39(47)37(45)24-35(43)30-14-8-16-33(22-30)49-26-28-11-5-2-6-12-28/h1-16,21-24,31,42-43H,17-20,25-26H2,(H,40,46)/b34-23-,35-24-. The van der Waals surface area contributed by atoms with Crippen molar-refractivity contribution in [2.75, 3.05) is 13.1 Å². The monoisotopic (exact) mass is 660 g/mol. The zero-order chi connectivity index (χ0) is 34.6. The minimum atomic E-state index is -0.933. The van der Waals surface area contributed by atoms with Crippen LogP contribution in [-0.4, -0.2) is 57.6 Å². The van der Waals surface area contributed by atoms with Gasteiger partial charge in [-0.1, -0.05) is 84.9 Å². The Balaban J connectivity index is 1.08. The Labute approximate surface area is 283 Å². The lowest BCUT2D eigenvalue weighted by Crippen LogP contribution is -2.49. The van der Waals surface area contributed by atoms with Crippen LogP contribution in [0.25, 0.3) is 11.5 Å². The fourth-order valence-electron chi connectivity index (χ4n) is 5.15. The van der Waals surface area contributed by atoms with Gasteiger partial charge in [-0.3, -0.25) is 19.2 Å². The number of rotatable bonds is 13. The van der Waals surface area contributed by atoms with Crippen molar-refractivity contribution in [3.05, 3.63) is 144 Å². The van der Waals surface area contributed by atoms with E-state index >= 15 is 0 Å². The maximum Gasteiger partial charge on any atom is 0.294 e. The van der Waals surface area contributed by atoms with E-state index in [1.54, 1.807) is 48.5 Å². The zero-order valence-electron chi connectivity index (χ0n) is 26.7. The third-order valence-electron chi connectivity index (χ3n) is 7.84. The second-order valence-corrected chi connectivity index (χ2v) is 11.4. The van der Waals surface area contributed by atoms with E-state index in [2.05, 4.69) is 5.32 Å². The Morgan fingerprint density at radius 2 is 1.12 bits per heavy atom. The molecule has 5 rings (SSSR count). The molecule has 0 radical (unpaired) electrons. The fraction of sp³-hybridized carbons (Fsp3) is 0.179. The lowest BCUT2D eigenvalue weighted by Gasteiger charge is -2.31. The summed E-state index contributed by atoms with van der Waals surface area (Å²) in [6, 6.07) is 31.9. The molecule has 1 aliphatic rings. The van der Waals surface area contributed by atoms with Crippen molar-refractivity contribution in [3.63, 3.8) is 0 Å². The topological polar surface area (TPSA) is 142 Å². The van der Waals surface area contributed by atoms with E-state index in [1.165, 1.54) is 4.90 Å². The molecular weight excluding hydrogens is 624 g/mol. The van der Waals surface area contributed by atoms with Crippen LogP contribution in [0.3, 0.4) is 0 Å². The van der Waals surface area contributed by atoms with Crippen molar-refractivity contribution in [3.8, 4) is 11.5 Å². The first-order valence-corrected chi connectivity index (χ1v) is 15.8. The summed E-state index contributed by atoms with van der Waals surface area (Å²) in [4.78, 5) is 52.0. The quantitative estimate of drug-likeness (QED) is 0.0958. The number of piperidine rings is 1. The average Bonchev–Trinajstić information content (AvgIpc) is 3.14. The van der Waals surface area contributed by atoms with Crippen molar-refractivity contribution in [2.45, 2.75) is 32.1 Å². The molecule has 0 aromatic heterocycles. The van der Waals surface area contributed by atoms with Crippen molar-refractivity contribution < 1.29 is 38.9 Å². The Bertz CT molecular complexity index is 1850. The van der Waals surface area contributed by atoms with Crippen LogP contribution in [0.15, 0.2) is 121 Å². The molecule has 49 heavy (non-hydrogen) atoms. The minimum Gasteiger partial charge on any atom is -0.507 e. The van der Waals surface area contributed by atoms with Gasteiger partial charge in [0.05, 0.1) is 0 Å². The molecule has 2 amide bonds. The number of benzene rings is 4. The highest BCUT2D eigenvalue weighted by atomic mass is 16.5. The zero-order valence-corrected chi connectivity index (χ0v) is 26.7. The van der Waals surface area contributed by atoms with Crippen LogP contribution in [-0.2, 0) is 32.4 Å². The van der Waals surface area contributed by atoms with Crippen LogP contribution in [0.5, 0.6) is 11.5 Å². The molecule has 0 bridgehead atoms. The van der Waals surface area contributed by atoms with E-state index < -0.39 is 29.4 Å². The van der Waals surface area contributed by atoms with Crippen molar-refractivity contribution in [2.24, 2.45) is 0 Å². The van der Waals surface area contributed by atoms with Crippen molar-refractivity contribution in [1.29, 1.82) is 0 Å². The predicted molar refractivity (Wildman–Crippen MR) is 183 cm³/mol. The molecule has 0 spiro atoms. The van der Waals surface area contributed by atoms with Gasteiger partial charge in [0.15, 0.2) is 0 Å². The number of hydrogen-bond donors (Lipinski definition) is 3. The number of aliphatic hydroxyl groups is 2. The largest absolute Gasteiger partial charge is 0.507 e. The summed E-state index contributed by atoms with van der Waals surface area (Å²) in [5, 5.41) is 23.7. The summed E-state index contributed by atoms with van der Waals surface area (Å²) in [6.07, 6.45) is 2.36. The van der Waals surface area contributed by atoms with Gasteiger partial charge < -0.3 is 29.9 Å². The van der Waals surface area contributed by atoms with E-state index in [0.717, 1.165) is 23.3 Å². The minimum absolute atomic E-state index is 0.165. The van der Waals surface area contributed by atoms with Gasteiger partial charge in [-0.2, -0.15) is 0 Å². The number of nitrogens with zero attached hydrogens (tertiary/aromatic N) is 1. The average molecular weight is 661 g/mol. The molecule has 10 heteroatoms. The number of hydrogen-bond acceptors (Lipinski definition) is 8. The molecule has 0 saturated carbocycles. The Morgan fingerprint density at radius 1 is 0.653 bits per heavy atom. The van der Waals surface area contributed by atoms with Crippen LogP contribution < -0.4 is 14.8 Å². The maximum atomic E-state index is 12.8. The van der Waals surface area contributed by atoms with E-state index in [0.29, 0.717) is 48.7 Å². The molecule has 1 saturated heterocycles. The second kappa shape index (κ2) is 16.6. The molecule has 1 fully saturated rings. The van der Waals surface area contributed by atoms with Gasteiger partial charge in [0.25, 0.3) is 11.8 Å². The number of carbonyl (C=O) groups is 4. The van der Waals surface area contributed by atoms with Gasteiger partial charge in [0.1, 0.15) is 36.2 Å². The molecule has 4 aromatic rings. The summed E-state index contributed by atoms with van der Waals surface area (Å²) in [5.74, 6) is -3.27. The number of aliphatic hydroxyl groups excluding tert-OH is 2. The van der Waals surface area contributed by atoms with Gasteiger partial charge in [-0.25, -0.2) is 0 Å². The van der Waals surface area contributed by atoms with E-state index in [1.807, 2.05) is 60.7 Å². The van der Waals surface area contributed by atoms with Gasteiger partial charge in [-0.15, -0.1) is 0 Å². The molecule has 1 heterocycles. The molecule has 4 aromatic carbocycles. The van der Waals surface area contributed by atoms with Crippen molar-refractivity contribution in [1.82, 2.24) is 10.2 Å². The fourth-order valence-corrected chi connectivity index (χ4v) is 5.15. The van der Waals surface area contributed by atoms with Gasteiger partial charge >= 0.3 is 0 Å². The molecule has 0 atom stereocenters. The Morgan fingerprint density at radius 3 is 1.61 bits per heavy atom. The van der Waals surface area contributed by atoms with E-state index in [4.69, 9.17) is 9.47 Å². The smallest absolute Gasteiger partial charge is 0.294 e. The molecule has 0 unspecified atom stereocenters. The van der Waals surface area contributed by atoms with Crippen LogP contribution in [0.1, 0.15) is 35.1 Å². The Kier molecular flexibility index (Phi) is 11.6. The van der Waals surface area contributed by atoms with Crippen LogP contribution >= 0.6 is 0 Å². The predicted octanol–water partition coefficient (Wildman–Crippen LogP) is 5.59. The number of amides is 2. The highest BCUT2D eigenvalue weighted by molar-refractivity contribution is 6.42. The van der Waals surface area contributed by atoms with Crippen LogP contribution in [0.4, 0.5) is 0 Å². The SMILES string of the molecule is O=C(/C=C(\O)c1cccc(OCc2ccccc2)c1)C(=O)NC1CCN(C(=O)C(=O)/C=C(\O)c2cccc(OCc3ccccc3)c2)CC1. The summed E-state index contributed by atoms with van der Waals surface area (Å²) in [7, 11) is 0.